The highest BCUT2D eigenvalue weighted by molar-refractivity contribution is 5.14. The lowest BCUT2D eigenvalue weighted by atomic mass is 9.69. The van der Waals surface area contributed by atoms with Crippen LogP contribution in [-0.4, -0.2) is 18.6 Å². The molecule has 2 nitrogen and oxygen atoms in total. The standard InChI is InChI=1S/C21H32N2/c1-2-7-16(8-3-1)15-22-14-13-17-9-6-11-19-18-10-4-5-12-20(18)23-21(17)19/h1-3,7-8,17-23H,4-6,9-15H2. The van der Waals surface area contributed by atoms with Gasteiger partial charge < -0.3 is 10.6 Å². The van der Waals surface area contributed by atoms with E-state index in [1.807, 2.05) is 0 Å². The van der Waals surface area contributed by atoms with Gasteiger partial charge in [-0.25, -0.2) is 0 Å². The molecule has 4 rings (SSSR count). The van der Waals surface area contributed by atoms with Gasteiger partial charge >= 0.3 is 0 Å². The fourth-order valence-corrected chi connectivity index (χ4v) is 5.63. The molecule has 3 aliphatic rings. The summed E-state index contributed by atoms with van der Waals surface area (Å²) >= 11 is 0. The molecular formula is C21H32N2. The van der Waals surface area contributed by atoms with Crippen LogP contribution in [-0.2, 0) is 6.54 Å². The summed E-state index contributed by atoms with van der Waals surface area (Å²) in [5, 5.41) is 7.74. The Bertz CT molecular complexity index is 486. The van der Waals surface area contributed by atoms with E-state index in [4.69, 9.17) is 0 Å². The zero-order valence-corrected chi connectivity index (χ0v) is 14.3. The van der Waals surface area contributed by atoms with Crippen LogP contribution in [0.4, 0.5) is 0 Å². The molecule has 1 aromatic carbocycles. The van der Waals surface area contributed by atoms with Gasteiger partial charge in [-0.2, -0.15) is 0 Å². The van der Waals surface area contributed by atoms with E-state index >= 15 is 0 Å². The molecule has 1 saturated heterocycles. The summed E-state index contributed by atoms with van der Waals surface area (Å²) in [7, 11) is 0. The second-order valence-corrected chi connectivity index (χ2v) is 8.05. The Balaban J connectivity index is 1.27. The van der Waals surface area contributed by atoms with Crippen LogP contribution in [0, 0.1) is 17.8 Å². The van der Waals surface area contributed by atoms with Crippen LogP contribution in [0.5, 0.6) is 0 Å². The summed E-state index contributed by atoms with van der Waals surface area (Å²) in [6, 6.07) is 12.5. The second kappa shape index (κ2) is 7.36. The topological polar surface area (TPSA) is 24.1 Å². The predicted molar refractivity (Wildman–Crippen MR) is 96.3 cm³/mol. The molecule has 126 valence electrons. The van der Waals surface area contributed by atoms with E-state index < -0.39 is 0 Å². The number of hydrogen-bond acceptors (Lipinski definition) is 2. The van der Waals surface area contributed by atoms with Crippen molar-refractivity contribution in [2.45, 2.75) is 70.0 Å². The van der Waals surface area contributed by atoms with Gasteiger partial charge in [0.05, 0.1) is 0 Å². The van der Waals surface area contributed by atoms with E-state index in [0.717, 1.165) is 36.4 Å². The fraction of sp³-hybridized carbons (Fsp3) is 0.714. The van der Waals surface area contributed by atoms with Crippen molar-refractivity contribution in [3.8, 4) is 0 Å². The highest BCUT2D eigenvalue weighted by Gasteiger charge is 2.47. The highest BCUT2D eigenvalue weighted by Crippen LogP contribution is 2.46. The number of fused-ring (bicyclic) bond motifs is 3. The molecule has 5 unspecified atom stereocenters. The number of nitrogens with one attached hydrogen (secondary N) is 2. The van der Waals surface area contributed by atoms with Crippen molar-refractivity contribution in [1.82, 2.24) is 10.6 Å². The van der Waals surface area contributed by atoms with Crippen molar-refractivity contribution in [3.63, 3.8) is 0 Å². The Labute approximate surface area is 141 Å². The molecule has 0 spiro atoms. The third-order valence-electron chi connectivity index (χ3n) is 6.72. The largest absolute Gasteiger partial charge is 0.313 e. The summed E-state index contributed by atoms with van der Waals surface area (Å²) in [5.74, 6) is 2.91. The molecule has 2 aliphatic carbocycles. The van der Waals surface area contributed by atoms with Crippen molar-refractivity contribution < 1.29 is 0 Å². The van der Waals surface area contributed by atoms with Gasteiger partial charge in [-0.1, -0.05) is 49.6 Å². The van der Waals surface area contributed by atoms with Gasteiger partial charge in [0.25, 0.3) is 0 Å². The van der Waals surface area contributed by atoms with Crippen molar-refractivity contribution in [2.75, 3.05) is 6.54 Å². The third-order valence-corrected chi connectivity index (χ3v) is 6.72. The Hall–Kier alpha value is -0.860. The fourth-order valence-electron chi connectivity index (χ4n) is 5.63. The maximum absolute atomic E-state index is 4.08. The minimum atomic E-state index is 0.829. The van der Waals surface area contributed by atoms with Crippen molar-refractivity contribution in [3.05, 3.63) is 35.9 Å². The van der Waals surface area contributed by atoms with E-state index in [2.05, 4.69) is 41.0 Å². The molecule has 1 heterocycles. The van der Waals surface area contributed by atoms with E-state index in [-0.39, 0.29) is 0 Å². The SMILES string of the molecule is c1ccc(CNCCC2CCCC3C4CCCCC4NC23)cc1. The number of hydrogen-bond donors (Lipinski definition) is 2. The van der Waals surface area contributed by atoms with Crippen LogP contribution in [0.25, 0.3) is 0 Å². The van der Waals surface area contributed by atoms with Gasteiger partial charge in [-0.3, -0.25) is 0 Å². The van der Waals surface area contributed by atoms with Crippen LogP contribution in [0.3, 0.4) is 0 Å². The minimum Gasteiger partial charge on any atom is -0.313 e. The first-order chi connectivity index (χ1) is 11.4. The first-order valence-electron chi connectivity index (χ1n) is 9.92. The molecule has 0 amide bonds. The van der Waals surface area contributed by atoms with Crippen LogP contribution in [0.1, 0.15) is 56.9 Å². The molecule has 1 aliphatic heterocycles. The van der Waals surface area contributed by atoms with Gasteiger partial charge in [-0.15, -0.1) is 0 Å². The van der Waals surface area contributed by atoms with Gasteiger partial charge in [0, 0.05) is 18.6 Å². The van der Waals surface area contributed by atoms with E-state index in [9.17, 15) is 0 Å². The van der Waals surface area contributed by atoms with Crippen LogP contribution in [0.15, 0.2) is 30.3 Å². The van der Waals surface area contributed by atoms with Crippen LogP contribution < -0.4 is 10.6 Å². The lowest BCUT2D eigenvalue weighted by Gasteiger charge is -2.36. The number of rotatable bonds is 5. The molecule has 2 heteroatoms. The van der Waals surface area contributed by atoms with Crippen molar-refractivity contribution in [2.24, 2.45) is 17.8 Å². The smallest absolute Gasteiger partial charge is 0.0205 e. The van der Waals surface area contributed by atoms with E-state index in [1.54, 1.807) is 0 Å². The lowest BCUT2D eigenvalue weighted by Crippen LogP contribution is -2.41. The van der Waals surface area contributed by atoms with Gasteiger partial charge in [0.15, 0.2) is 0 Å². The molecular weight excluding hydrogens is 280 g/mol. The highest BCUT2D eigenvalue weighted by atomic mass is 15.0. The zero-order chi connectivity index (χ0) is 15.5. The maximum atomic E-state index is 4.08. The van der Waals surface area contributed by atoms with Crippen LogP contribution in [0.2, 0.25) is 0 Å². The third kappa shape index (κ3) is 3.49. The first-order valence-corrected chi connectivity index (χ1v) is 9.92. The summed E-state index contributed by atoms with van der Waals surface area (Å²) in [6.07, 6.45) is 11.6. The summed E-state index contributed by atoms with van der Waals surface area (Å²) < 4.78 is 0. The van der Waals surface area contributed by atoms with Gasteiger partial charge in [0.2, 0.25) is 0 Å². The Kier molecular flexibility index (Phi) is 5.01. The van der Waals surface area contributed by atoms with E-state index in [1.165, 1.54) is 63.5 Å². The van der Waals surface area contributed by atoms with Gasteiger partial charge in [-0.05, 0) is 62.0 Å². The molecule has 0 aromatic heterocycles. The Morgan fingerprint density at radius 3 is 2.65 bits per heavy atom. The predicted octanol–water partition coefficient (Wildman–Crippen LogP) is 4.11. The molecule has 2 N–H and O–H groups in total. The van der Waals surface area contributed by atoms with E-state index in [0.29, 0.717) is 0 Å². The minimum absolute atomic E-state index is 0.829. The number of benzene rings is 1. The summed E-state index contributed by atoms with van der Waals surface area (Å²) in [4.78, 5) is 0. The summed E-state index contributed by atoms with van der Waals surface area (Å²) in [6.45, 7) is 2.18. The molecule has 1 aromatic rings. The molecule has 0 bridgehead atoms. The average molecular weight is 313 g/mol. The average Bonchev–Trinajstić information content (AvgIpc) is 2.99. The van der Waals surface area contributed by atoms with Crippen molar-refractivity contribution >= 4 is 0 Å². The molecule has 23 heavy (non-hydrogen) atoms. The molecule has 5 atom stereocenters. The Morgan fingerprint density at radius 2 is 1.74 bits per heavy atom. The van der Waals surface area contributed by atoms with Crippen LogP contribution >= 0.6 is 0 Å². The lowest BCUT2D eigenvalue weighted by molar-refractivity contribution is 0.180. The van der Waals surface area contributed by atoms with Crippen molar-refractivity contribution in [1.29, 1.82) is 0 Å². The normalized spacial score (nSPS) is 36.4. The molecule has 3 fully saturated rings. The zero-order valence-electron chi connectivity index (χ0n) is 14.3. The first kappa shape index (κ1) is 15.7. The quantitative estimate of drug-likeness (QED) is 0.799. The molecule has 0 radical (unpaired) electrons. The summed E-state index contributed by atoms with van der Waals surface area (Å²) in [5.41, 5.74) is 1.40. The van der Waals surface area contributed by atoms with Gasteiger partial charge in [0.1, 0.15) is 0 Å². The molecule has 2 saturated carbocycles. The monoisotopic (exact) mass is 312 g/mol. The maximum Gasteiger partial charge on any atom is 0.0205 e. The second-order valence-electron chi connectivity index (χ2n) is 8.05. The Morgan fingerprint density at radius 1 is 0.913 bits per heavy atom.